The van der Waals surface area contributed by atoms with Gasteiger partial charge in [0.05, 0.1) is 12.7 Å². The average molecular weight is 259 g/mol. The first-order valence-electron chi connectivity index (χ1n) is 5.98. The predicted molar refractivity (Wildman–Crippen MR) is 62.8 cm³/mol. The van der Waals surface area contributed by atoms with Crippen LogP contribution in [0.3, 0.4) is 0 Å². The van der Waals surface area contributed by atoms with Crippen LogP contribution in [0.4, 0.5) is 13.2 Å². The number of methoxy groups -OCH3 is 1. The molecule has 0 saturated carbocycles. The quantitative estimate of drug-likeness (QED) is 0.880. The summed E-state index contributed by atoms with van der Waals surface area (Å²) in [4.78, 5) is 0. The first kappa shape index (κ1) is 13.2. The molecule has 0 aromatic heterocycles. The third kappa shape index (κ3) is 2.77. The zero-order valence-electron chi connectivity index (χ0n) is 10.2. The SMILES string of the molecule is COc1cc(C2CCNCC2)ccc1C(F)(F)F. The minimum Gasteiger partial charge on any atom is -0.496 e. The van der Waals surface area contributed by atoms with Crippen molar-refractivity contribution in [2.24, 2.45) is 0 Å². The Morgan fingerprint density at radius 2 is 1.89 bits per heavy atom. The van der Waals surface area contributed by atoms with Crippen molar-refractivity contribution < 1.29 is 17.9 Å². The highest BCUT2D eigenvalue weighted by Gasteiger charge is 2.34. The molecule has 0 spiro atoms. The lowest BCUT2D eigenvalue weighted by Gasteiger charge is -2.24. The largest absolute Gasteiger partial charge is 0.496 e. The number of rotatable bonds is 2. The monoisotopic (exact) mass is 259 g/mol. The molecule has 1 aromatic carbocycles. The Morgan fingerprint density at radius 3 is 2.44 bits per heavy atom. The lowest BCUT2D eigenvalue weighted by molar-refractivity contribution is -0.138. The van der Waals surface area contributed by atoms with Crippen LogP contribution in [-0.2, 0) is 6.18 Å². The van der Waals surface area contributed by atoms with E-state index in [0.717, 1.165) is 37.6 Å². The Bertz CT molecular complexity index is 411. The molecule has 0 aliphatic carbocycles. The van der Waals surface area contributed by atoms with Gasteiger partial charge < -0.3 is 10.1 Å². The zero-order chi connectivity index (χ0) is 13.2. The standard InChI is InChI=1S/C13H16F3NO/c1-18-12-8-10(9-4-6-17-7-5-9)2-3-11(12)13(14,15)16/h2-3,8-9,17H,4-7H2,1H3. The number of benzene rings is 1. The molecule has 2 nitrogen and oxygen atoms in total. The van der Waals surface area contributed by atoms with Crippen LogP contribution in [0.15, 0.2) is 18.2 Å². The molecular weight excluding hydrogens is 243 g/mol. The highest BCUT2D eigenvalue weighted by atomic mass is 19.4. The molecule has 1 heterocycles. The van der Waals surface area contributed by atoms with Crippen LogP contribution in [-0.4, -0.2) is 20.2 Å². The lowest BCUT2D eigenvalue weighted by Crippen LogP contribution is -2.26. The third-order valence-corrected chi connectivity index (χ3v) is 3.34. The molecule has 0 bridgehead atoms. The van der Waals surface area contributed by atoms with Gasteiger partial charge in [-0.1, -0.05) is 6.07 Å². The normalized spacial score (nSPS) is 17.8. The van der Waals surface area contributed by atoms with Gasteiger partial charge in [-0.05, 0) is 49.5 Å². The molecule has 0 amide bonds. The van der Waals surface area contributed by atoms with E-state index in [0.29, 0.717) is 5.92 Å². The van der Waals surface area contributed by atoms with Crippen LogP contribution < -0.4 is 10.1 Å². The van der Waals surface area contributed by atoms with Gasteiger partial charge in [-0.15, -0.1) is 0 Å². The molecule has 0 radical (unpaired) electrons. The zero-order valence-corrected chi connectivity index (χ0v) is 10.2. The second kappa shape index (κ2) is 5.18. The Kier molecular flexibility index (Phi) is 3.80. The minimum absolute atomic E-state index is 0.0847. The lowest BCUT2D eigenvalue weighted by atomic mass is 9.89. The van der Waals surface area contributed by atoms with Crippen LogP contribution in [0.5, 0.6) is 5.75 Å². The summed E-state index contributed by atoms with van der Waals surface area (Å²) in [6, 6.07) is 4.22. The van der Waals surface area contributed by atoms with Crippen molar-refractivity contribution in [2.45, 2.75) is 24.9 Å². The number of alkyl halides is 3. The number of hydrogen-bond acceptors (Lipinski definition) is 2. The van der Waals surface area contributed by atoms with Crippen LogP contribution in [0, 0.1) is 0 Å². The van der Waals surface area contributed by atoms with Gasteiger partial charge in [0.1, 0.15) is 5.75 Å². The molecule has 0 unspecified atom stereocenters. The number of hydrogen-bond donors (Lipinski definition) is 1. The van der Waals surface area contributed by atoms with Crippen molar-refractivity contribution in [2.75, 3.05) is 20.2 Å². The summed E-state index contributed by atoms with van der Waals surface area (Å²) >= 11 is 0. The van der Waals surface area contributed by atoms with Gasteiger partial charge in [-0.3, -0.25) is 0 Å². The van der Waals surface area contributed by atoms with Crippen molar-refractivity contribution >= 4 is 0 Å². The van der Waals surface area contributed by atoms with Gasteiger partial charge in [-0.2, -0.15) is 13.2 Å². The molecule has 1 aliphatic heterocycles. The molecule has 1 saturated heterocycles. The van der Waals surface area contributed by atoms with E-state index in [9.17, 15) is 13.2 Å². The smallest absolute Gasteiger partial charge is 0.419 e. The van der Waals surface area contributed by atoms with Crippen LogP contribution >= 0.6 is 0 Å². The van der Waals surface area contributed by atoms with E-state index in [2.05, 4.69) is 5.32 Å². The van der Waals surface area contributed by atoms with Gasteiger partial charge in [0.15, 0.2) is 0 Å². The van der Waals surface area contributed by atoms with Crippen molar-refractivity contribution in [3.05, 3.63) is 29.3 Å². The van der Waals surface area contributed by atoms with E-state index < -0.39 is 11.7 Å². The van der Waals surface area contributed by atoms with E-state index in [1.165, 1.54) is 13.2 Å². The summed E-state index contributed by atoms with van der Waals surface area (Å²) in [7, 11) is 1.27. The third-order valence-electron chi connectivity index (χ3n) is 3.34. The molecular formula is C13H16F3NO. The summed E-state index contributed by atoms with van der Waals surface area (Å²) in [6.07, 6.45) is -2.46. The first-order valence-corrected chi connectivity index (χ1v) is 5.98. The van der Waals surface area contributed by atoms with E-state index in [1.54, 1.807) is 6.07 Å². The Balaban J connectivity index is 2.29. The summed E-state index contributed by atoms with van der Waals surface area (Å²) in [5, 5.41) is 3.24. The Labute approximate surface area is 104 Å². The molecule has 5 heteroatoms. The second-order valence-electron chi connectivity index (χ2n) is 4.48. The summed E-state index contributed by atoms with van der Waals surface area (Å²) in [6.45, 7) is 1.82. The van der Waals surface area contributed by atoms with Gasteiger partial charge in [0, 0.05) is 0 Å². The highest BCUT2D eigenvalue weighted by molar-refractivity contribution is 5.40. The molecule has 1 aromatic rings. The molecule has 1 N–H and O–H groups in total. The van der Waals surface area contributed by atoms with Gasteiger partial charge >= 0.3 is 6.18 Å². The minimum atomic E-state index is -4.36. The predicted octanol–water partition coefficient (Wildman–Crippen LogP) is 3.18. The van der Waals surface area contributed by atoms with E-state index in [1.807, 2.05) is 0 Å². The molecule has 1 aliphatic rings. The van der Waals surface area contributed by atoms with Crippen molar-refractivity contribution in [1.29, 1.82) is 0 Å². The van der Waals surface area contributed by atoms with Crippen molar-refractivity contribution in [3.63, 3.8) is 0 Å². The summed E-state index contributed by atoms with van der Waals surface area (Å²) in [5.41, 5.74) is 0.226. The van der Waals surface area contributed by atoms with Crippen molar-refractivity contribution in [1.82, 2.24) is 5.32 Å². The molecule has 1 fully saturated rings. The maximum atomic E-state index is 12.7. The summed E-state index contributed by atoms with van der Waals surface area (Å²) in [5.74, 6) is 0.237. The van der Waals surface area contributed by atoms with Gasteiger partial charge in [-0.25, -0.2) is 0 Å². The number of nitrogens with one attached hydrogen (secondary N) is 1. The molecule has 18 heavy (non-hydrogen) atoms. The van der Waals surface area contributed by atoms with Crippen LogP contribution in [0.1, 0.15) is 29.9 Å². The maximum absolute atomic E-state index is 12.7. The fourth-order valence-corrected chi connectivity index (χ4v) is 2.35. The van der Waals surface area contributed by atoms with E-state index in [-0.39, 0.29) is 5.75 Å². The fraction of sp³-hybridized carbons (Fsp3) is 0.538. The Hall–Kier alpha value is -1.23. The van der Waals surface area contributed by atoms with Crippen LogP contribution in [0.2, 0.25) is 0 Å². The average Bonchev–Trinajstić information content (AvgIpc) is 2.38. The molecule has 2 rings (SSSR count). The number of ether oxygens (including phenoxy) is 1. The maximum Gasteiger partial charge on any atom is 0.419 e. The highest BCUT2D eigenvalue weighted by Crippen LogP contribution is 2.38. The van der Waals surface area contributed by atoms with E-state index >= 15 is 0 Å². The van der Waals surface area contributed by atoms with E-state index in [4.69, 9.17) is 4.74 Å². The van der Waals surface area contributed by atoms with Crippen molar-refractivity contribution in [3.8, 4) is 5.75 Å². The summed E-state index contributed by atoms with van der Waals surface area (Å²) < 4.78 is 43.0. The second-order valence-corrected chi connectivity index (χ2v) is 4.48. The molecule has 100 valence electrons. The van der Waals surface area contributed by atoms with Gasteiger partial charge in [0.2, 0.25) is 0 Å². The fourth-order valence-electron chi connectivity index (χ4n) is 2.35. The van der Waals surface area contributed by atoms with Gasteiger partial charge in [0.25, 0.3) is 0 Å². The topological polar surface area (TPSA) is 21.3 Å². The molecule has 0 atom stereocenters. The first-order chi connectivity index (χ1) is 8.52. The van der Waals surface area contributed by atoms with Crippen LogP contribution in [0.25, 0.3) is 0 Å². The number of piperidine rings is 1. The Morgan fingerprint density at radius 1 is 1.22 bits per heavy atom. The number of halogens is 3.